The Hall–Kier alpha value is -1.32. The number of imidazole rings is 1. The lowest BCUT2D eigenvalue weighted by Crippen LogP contribution is -2.44. The lowest BCUT2D eigenvalue weighted by Gasteiger charge is -2.08. The molecule has 150 valence electrons. The molecule has 0 radical (unpaired) electrons. The largest absolute Gasteiger partial charge is 0.478 e. The number of hydrogen-bond acceptors (Lipinski definition) is 1. The van der Waals surface area contributed by atoms with Crippen LogP contribution in [0.2, 0.25) is 0 Å². The summed E-state index contributed by atoms with van der Waals surface area (Å²) < 4.78 is 4.29. The highest BCUT2D eigenvalue weighted by atomic mass is 16.4. The van der Waals surface area contributed by atoms with Crippen molar-refractivity contribution in [2.75, 3.05) is 0 Å². The van der Waals surface area contributed by atoms with E-state index in [0.717, 1.165) is 25.8 Å². The summed E-state index contributed by atoms with van der Waals surface area (Å²) in [6.45, 7) is 9.27. The zero-order valence-electron chi connectivity index (χ0n) is 17.6. The average molecular weight is 366 g/mol. The van der Waals surface area contributed by atoms with E-state index >= 15 is 0 Å². The molecule has 0 aromatic carbocycles. The molecule has 4 nitrogen and oxygen atoms in total. The van der Waals surface area contributed by atoms with Crippen molar-refractivity contribution in [1.29, 1.82) is 0 Å². The monoisotopic (exact) mass is 365 g/mol. The van der Waals surface area contributed by atoms with Crippen LogP contribution in [-0.4, -0.2) is 15.6 Å². The lowest BCUT2D eigenvalue weighted by molar-refractivity contribution is -0.714. The van der Waals surface area contributed by atoms with E-state index in [1.807, 2.05) is 10.8 Å². The van der Waals surface area contributed by atoms with Gasteiger partial charge >= 0.3 is 5.97 Å². The Balaban J connectivity index is 2.44. The molecule has 26 heavy (non-hydrogen) atoms. The minimum atomic E-state index is -0.757. The molecule has 0 aliphatic carbocycles. The standard InChI is InChI=1S/C22H40N2O2/c1-5-7-8-9-10-11-12-13-14-15-16-21-23(17-6-2)19(3)18-24(21)20(4)22(25)26/h18,20H,5-17H2,1-4H3/p+1. The van der Waals surface area contributed by atoms with Gasteiger partial charge in [-0.2, -0.15) is 0 Å². The van der Waals surface area contributed by atoms with Crippen molar-refractivity contribution in [1.82, 2.24) is 4.57 Å². The van der Waals surface area contributed by atoms with Crippen molar-refractivity contribution in [3.05, 3.63) is 17.7 Å². The first kappa shape index (κ1) is 22.7. The van der Waals surface area contributed by atoms with Gasteiger partial charge in [-0.05, 0) is 19.8 Å². The number of rotatable bonds is 15. The van der Waals surface area contributed by atoms with Gasteiger partial charge in [0.2, 0.25) is 0 Å². The van der Waals surface area contributed by atoms with Gasteiger partial charge in [-0.1, -0.05) is 71.6 Å². The van der Waals surface area contributed by atoms with Gasteiger partial charge in [0.25, 0.3) is 5.82 Å². The van der Waals surface area contributed by atoms with Crippen LogP contribution in [0.5, 0.6) is 0 Å². The van der Waals surface area contributed by atoms with Crippen molar-refractivity contribution >= 4 is 5.97 Å². The van der Waals surface area contributed by atoms with Crippen LogP contribution in [0.15, 0.2) is 6.20 Å². The summed E-state index contributed by atoms with van der Waals surface area (Å²) in [5.74, 6) is 0.423. The molecule has 0 saturated carbocycles. The van der Waals surface area contributed by atoms with Gasteiger partial charge in [0.15, 0.2) is 6.04 Å². The summed E-state index contributed by atoms with van der Waals surface area (Å²) in [6.07, 6.45) is 17.3. The van der Waals surface area contributed by atoms with Crippen molar-refractivity contribution in [3.8, 4) is 0 Å². The summed E-state index contributed by atoms with van der Waals surface area (Å²) in [5.41, 5.74) is 1.17. The summed E-state index contributed by atoms with van der Waals surface area (Å²) in [5, 5.41) is 9.41. The van der Waals surface area contributed by atoms with Crippen LogP contribution in [-0.2, 0) is 17.8 Å². The van der Waals surface area contributed by atoms with Gasteiger partial charge in [0.1, 0.15) is 11.9 Å². The molecule has 1 aromatic rings. The molecule has 1 atom stereocenters. The fraction of sp³-hybridized carbons (Fsp3) is 0.818. The maximum atomic E-state index is 11.4. The summed E-state index contributed by atoms with van der Waals surface area (Å²) >= 11 is 0. The number of carbonyl (C=O) groups is 1. The van der Waals surface area contributed by atoms with Crippen LogP contribution >= 0.6 is 0 Å². The van der Waals surface area contributed by atoms with Gasteiger partial charge in [-0.25, -0.2) is 13.9 Å². The molecule has 4 heteroatoms. The number of aromatic nitrogens is 2. The summed E-state index contributed by atoms with van der Waals surface area (Å²) in [4.78, 5) is 11.4. The van der Waals surface area contributed by atoms with Gasteiger partial charge < -0.3 is 5.11 Å². The van der Waals surface area contributed by atoms with Crippen LogP contribution in [0.3, 0.4) is 0 Å². The molecule has 1 heterocycles. The fourth-order valence-corrected chi connectivity index (χ4v) is 3.71. The summed E-state index contributed by atoms with van der Waals surface area (Å²) in [7, 11) is 0. The molecule has 1 unspecified atom stereocenters. The minimum Gasteiger partial charge on any atom is -0.478 e. The second kappa shape index (κ2) is 12.9. The zero-order chi connectivity index (χ0) is 19.4. The van der Waals surface area contributed by atoms with Gasteiger partial charge in [-0.15, -0.1) is 0 Å². The molecule has 0 aliphatic rings. The molecule has 0 fully saturated rings. The Labute approximate surface area is 160 Å². The van der Waals surface area contributed by atoms with Crippen LogP contribution in [0.4, 0.5) is 0 Å². The molecule has 1 rings (SSSR count). The first-order valence-electron chi connectivity index (χ1n) is 10.9. The Morgan fingerprint density at radius 2 is 1.54 bits per heavy atom. The van der Waals surface area contributed by atoms with Gasteiger partial charge in [0, 0.05) is 13.3 Å². The Morgan fingerprint density at radius 1 is 1.00 bits per heavy atom. The smallest absolute Gasteiger partial charge is 0.349 e. The van der Waals surface area contributed by atoms with E-state index in [0.29, 0.717) is 0 Å². The molecular formula is C22H41N2O2+. The Morgan fingerprint density at radius 3 is 2.04 bits per heavy atom. The number of carboxylic acids is 1. The van der Waals surface area contributed by atoms with E-state index < -0.39 is 12.0 Å². The van der Waals surface area contributed by atoms with E-state index in [-0.39, 0.29) is 0 Å². The van der Waals surface area contributed by atoms with E-state index in [9.17, 15) is 9.90 Å². The molecule has 0 spiro atoms. The fourth-order valence-electron chi connectivity index (χ4n) is 3.71. The molecule has 0 bridgehead atoms. The number of unbranched alkanes of at least 4 members (excludes halogenated alkanes) is 9. The highest BCUT2D eigenvalue weighted by molar-refractivity contribution is 5.69. The Kier molecular flexibility index (Phi) is 11.3. The number of aliphatic carboxylic acids is 1. The van der Waals surface area contributed by atoms with E-state index in [2.05, 4.69) is 25.3 Å². The second-order valence-electron chi connectivity index (χ2n) is 7.69. The molecule has 1 N–H and O–H groups in total. The number of aryl methyl sites for hydroxylation is 1. The van der Waals surface area contributed by atoms with Crippen molar-refractivity contribution < 1.29 is 14.5 Å². The molecular weight excluding hydrogens is 324 g/mol. The first-order valence-corrected chi connectivity index (χ1v) is 10.9. The second-order valence-corrected chi connectivity index (χ2v) is 7.69. The normalized spacial score (nSPS) is 12.5. The van der Waals surface area contributed by atoms with Crippen molar-refractivity contribution in [2.24, 2.45) is 0 Å². The average Bonchev–Trinajstić information content (AvgIpc) is 2.92. The van der Waals surface area contributed by atoms with Gasteiger partial charge in [0.05, 0.1) is 6.54 Å². The van der Waals surface area contributed by atoms with E-state index in [1.54, 1.807) is 6.92 Å². The maximum absolute atomic E-state index is 11.4. The van der Waals surface area contributed by atoms with Crippen molar-refractivity contribution in [2.45, 2.75) is 117 Å². The van der Waals surface area contributed by atoms with E-state index in [4.69, 9.17) is 0 Å². The predicted molar refractivity (Wildman–Crippen MR) is 108 cm³/mol. The molecule has 0 saturated heterocycles. The van der Waals surface area contributed by atoms with Crippen molar-refractivity contribution in [3.63, 3.8) is 0 Å². The van der Waals surface area contributed by atoms with Gasteiger partial charge in [-0.3, -0.25) is 0 Å². The highest BCUT2D eigenvalue weighted by Gasteiger charge is 2.27. The third kappa shape index (κ3) is 7.51. The molecule has 0 aliphatic heterocycles. The van der Waals surface area contributed by atoms with Crippen LogP contribution < -0.4 is 4.57 Å². The predicted octanol–water partition coefficient (Wildman–Crippen LogP) is 5.60. The molecule has 0 amide bonds. The third-order valence-electron chi connectivity index (χ3n) is 5.34. The number of carboxylic acid groups (broad SMARTS) is 1. The maximum Gasteiger partial charge on any atom is 0.349 e. The first-order chi connectivity index (χ1) is 12.5. The Bertz CT molecular complexity index is 522. The summed E-state index contributed by atoms with van der Waals surface area (Å²) in [6, 6.07) is -0.495. The van der Waals surface area contributed by atoms with E-state index in [1.165, 1.54) is 69.3 Å². The quantitative estimate of drug-likeness (QED) is 0.325. The lowest BCUT2D eigenvalue weighted by atomic mass is 10.1. The van der Waals surface area contributed by atoms with Crippen LogP contribution in [0.25, 0.3) is 0 Å². The van der Waals surface area contributed by atoms with Crippen LogP contribution in [0, 0.1) is 6.92 Å². The highest BCUT2D eigenvalue weighted by Crippen LogP contribution is 2.14. The minimum absolute atomic E-state index is 0.495. The number of nitrogens with zero attached hydrogens (tertiary/aromatic N) is 2. The van der Waals surface area contributed by atoms with Crippen LogP contribution in [0.1, 0.15) is 109 Å². The SMILES string of the molecule is CCCCCCCCCCCCc1n(CCC)c(C)c[n+]1C(C)C(=O)O. The topological polar surface area (TPSA) is 46.1 Å². The molecule has 1 aromatic heterocycles. The third-order valence-corrected chi connectivity index (χ3v) is 5.34. The zero-order valence-corrected chi connectivity index (χ0v) is 17.6. The number of hydrogen-bond donors (Lipinski definition) is 1.